The summed E-state index contributed by atoms with van der Waals surface area (Å²) in [6, 6.07) is 14.2. The summed E-state index contributed by atoms with van der Waals surface area (Å²) in [5.41, 5.74) is 9.40. The molecule has 1 aliphatic rings. The van der Waals surface area contributed by atoms with Crippen molar-refractivity contribution in [2.24, 2.45) is 10.8 Å². The van der Waals surface area contributed by atoms with Crippen molar-refractivity contribution in [3.63, 3.8) is 0 Å². The van der Waals surface area contributed by atoms with E-state index in [1.807, 2.05) is 30.3 Å². The molecule has 1 aromatic heterocycles. The number of hydrazone groups is 1. The van der Waals surface area contributed by atoms with Gasteiger partial charge in [0.05, 0.1) is 24.6 Å². The van der Waals surface area contributed by atoms with E-state index in [4.69, 9.17) is 10.5 Å². The molecule has 0 aliphatic carbocycles. The van der Waals surface area contributed by atoms with Gasteiger partial charge in [0.1, 0.15) is 11.7 Å². The molecule has 8 nitrogen and oxygen atoms in total. The Bertz CT molecular complexity index is 1140. The van der Waals surface area contributed by atoms with Crippen LogP contribution in [-0.2, 0) is 4.74 Å². The van der Waals surface area contributed by atoms with Crippen LogP contribution in [0.3, 0.4) is 0 Å². The van der Waals surface area contributed by atoms with Crippen LogP contribution in [0.2, 0.25) is 0 Å². The highest BCUT2D eigenvalue weighted by atomic mass is 19.1. The summed E-state index contributed by atoms with van der Waals surface area (Å²) in [6.45, 7) is 8.19. The van der Waals surface area contributed by atoms with Crippen molar-refractivity contribution in [3.05, 3.63) is 73.3 Å². The zero-order chi connectivity index (χ0) is 23.2. The Hall–Kier alpha value is -3.98. The third-order valence-electron chi connectivity index (χ3n) is 5.04. The lowest BCUT2D eigenvalue weighted by Crippen LogP contribution is -2.36. The van der Waals surface area contributed by atoms with E-state index in [1.54, 1.807) is 36.5 Å². The maximum atomic E-state index is 14.4. The molecule has 0 radical (unpaired) electrons. The molecule has 4 rings (SSSR count). The number of amidine groups is 1. The maximum Gasteiger partial charge on any atom is 0.227 e. The fourth-order valence-electron chi connectivity index (χ4n) is 3.51. The predicted octanol–water partition coefficient (Wildman–Crippen LogP) is 4.10. The van der Waals surface area contributed by atoms with E-state index in [2.05, 4.69) is 31.9 Å². The standard InChI is InChI=1S/C24H26FN7O/c1-3-32(30-17(2)26)21-6-4-20(5-7-21)28-24-27-9-8-23(29-24)18-14-19(25)16-22(15-18)31-10-12-33-13-11-31/h3-9,14-16H,1,10-13H2,2H3,(H2,26,30)(H,27,28,29). The van der Waals surface area contributed by atoms with E-state index in [-0.39, 0.29) is 5.82 Å². The normalized spacial score (nSPS) is 14.1. The number of nitrogens with zero attached hydrogens (tertiary/aromatic N) is 5. The number of nitrogens with one attached hydrogen (secondary N) is 1. The molecule has 0 unspecified atom stereocenters. The number of hydrogen-bond donors (Lipinski definition) is 2. The first kappa shape index (κ1) is 22.2. The molecule has 1 fully saturated rings. The third kappa shape index (κ3) is 5.64. The molecular formula is C24H26FN7O. The first-order valence-corrected chi connectivity index (χ1v) is 10.6. The molecule has 1 saturated heterocycles. The summed E-state index contributed by atoms with van der Waals surface area (Å²) in [4.78, 5) is 11.0. The molecule has 2 heterocycles. The van der Waals surface area contributed by atoms with E-state index in [0.717, 1.165) is 30.2 Å². The summed E-state index contributed by atoms with van der Waals surface area (Å²) in [5, 5.41) is 8.97. The first-order chi connectivity index (χ1) is 16.0. The largest absolute Gasteiger partial charge is 0.386 e. The molecule has 0 amide bonds. The fourth-order valence-corrected chi connectivity index (χ4v) is 3.51. The number of morpholine rings is 1. The minimum absolute atomic E-state index is 0.306. The Kier molecular flexibility index (Phi) is 6.80. The topological polar surface area (TPSA) is 91.9 Å². The summed E-state index contributed by atoms with van der Waals surface area (Å²) in [6.07, 6.45) is 3.23. The molecule has 0 bridgehead atoms. The third-order valence-corrected chi connectivity index (χ3v) is 5.04. The number of halogens is 1. The van der Waals surface area contributed by atoms with Crippen molar-refractivity contribution in [1.29, 1.82) is 0 Å². The smallest absolute Gasteiger partial charge is 0.227 e. The lowest BCUT2D eigenvalue weighted by Gasteiger charge is -2.29. The molecule has 2 aromatic carbocycles. The molecule has 170 valence electrons. The SMILES string of the molecule is C=CN(/N=C(/C)N)c1ccc(Nc2nccc(-c3cc(F)cc(N4CCOCC4)c3)n2)cc1. The van der Waals surface area contributed by atoms with E-state index < -0.39 is 0 Å². The van der Waals surface area contributed by atoms with Crippen LogP contribution in [0, 0.1) is 5.82 Å². The van der Waals surface area contributed by atoms with E-state index in [1.165, 1.54) is 6.07 Å². The number of aromatic nitrogens is 2. The average molecular weight is 448 g/mol. The maximum absolute atomic E-state index is 14.4. The number of nitrogens with two attached hydrogens (primary N) is 1. The van der Waals surface area contributed by atoms with Gasteiger partial charge < -0.3 is 20.7 Å². The van der Waals surface area contributed by atoms with Crippen molar-refractivity contribution < 1.29 is 9.13 Å². The van der Waals surface area contributed by atoms with Crippen molar-refractivity contribution >= 4 is 28.8 Å². The lowest BCUT2D eigenvalue weighted by molar-refractivity contribution is 0.122. The monoisotopic (exact) mass is 447 g/mol. The second-order valence-corrected chi connectivity index (χ2v) is 7.50. The molecule has 3 aromatic rings. The summed E-state index contributed by atoms with van der Waals surface area (Å²) in [5.74, 6) is 0.533. The van der Waals surface area contributed by atoms with Gasteiger partial charge in [-0.1, -0.05) is 6.58 Å². The van der Waals surface area contributed by atoms with Crippen LogP contribution in [0.15, 0.2) is 72.6 Å². The van der Waals surface area contributed by atoms with Gasteiger partial charge in [-0.2, -0.15) is 5.10 Å². The van der Waals surface area contributed by atoms with Gasteiger partial charge in [-0.25, -0.2) is 19.4 Å². The average Bonchev–Trinajstić information content (AvgIpc) is 2.83. The minimum atomic E-state index is -0.306. The number of benzene rings is 2. The molecule has 0 saturated carbocycles. The van der Waals surface area contributed by atoms with Crippen molar-refractivity contribution in [3.8, 4) is 11.3 Å². The number of ether oxygens (including phenoxy) is 1. The first-order valence-electron chi connectivity index (χ1n) is 10.6. The molecule has 0 atom stereocenters. The number of hydrogen-bond acceptors (Lipinski definition) is 7. The van der Waals surface area contributed by atoms with Crippen molar-refractivity contribution in [2.45, 2.75) is 6.92 Å². The van der Waals surface area contributed by atoms with Gasteiger partial charge in [0.25, 0.3) is 0 Å². The Morgan fingerprint density at radius 2 is 1.97 bits per heavy atom. The molecular weight excluding hydrogens is 421 g/mol. The van der Waals surface area contributed by atoms with Gasteiger partial charge in [0, 0.05) is 42.4 Å². The minimum Gasteiger partial charge on any atom is -0.386 e. The Morgan fingerprint density at radius 1 is 1.21 bits per heavy atom. The highest BCUT2D eigenvalue weighted by Gasteiger charge is 2.14. The predicted molar refractivity (Wildman–Crippen MR) is 130 cm³/mol. The quantitative estimate of drug-likeness (QED) is 0.320. The zero-order valence-electron chi connectivity index (χ0n) is 18.4. The Balaban J connectivity index is 1.53. The number of rotatable bonds is 7. The highest BCUT2D eigenvalue weighted by Crippen LogP contribution is 2.27. The molecule has 3 N–H and O–H groups in total. The van der Waals surface area contributed by atoms with E-state index in [9.17, 15) is 4.39 Å². The van der Waals surface area contributed by atoms with E-state index >= 15 is 0 Å². The molecule has 0 spiro atoms. The van der Waals surface area contributed by atoms with Crippen LogP contribution in [-0.4, -0.2) is 42.1 Å². The Morgan fingerprint density at radius 3 is 2.67 bits per heavy atom. The van der Waals surface area contributed by atoms with Crippen molar-refractivity contribution in [1.82, 2.24) is 9.97 Å². The molecule has 9 heteroatoms. The van der Waals surface area contributed by atoms with Crippen LogP contribution in [0.25, 0.3) is 11.3 Å². The fraction of sp³-hybridized carbons (Fsp3) is 0.208. The lowest BCUT2D eigenvalue weighted by atomic mass is 10.1. The van der Waals surface area contributed by atoms with Gasteiger partial charge in [0.15, 0.2) is 0 Å². The highest BCUT2D eigenvalue weighted by molar-refractivity contribution is 5.79. The van der Waals surface area contributed by atoms with Crippen LogP contribution in [0.1, 0.15) is 6.92 Å². The number of anilines is 4. The van der Waals surface area contributed by atoms with Crippen LogP contribution in [0.4, 0.5) is 27.4 Å². The van der Waals surface area contributed by atoms with Gasteiger partial charge in [0.2, 0.25) is 5.95 Å². The van der Waals surface area contributed by atoms with Gasteiger partial charge in [-0.05, 0) is 55.5 Å². The van der Waals surface area contributed by atoms with Crippen molar-refractivity contribution in [2.75, 3.05) is 41.5 Å². The van der Waals surface area contributed by atoms with Gasteiger partial charge >= 0.3 is 0 Å². The second-order valence-electron chi connectivity index (χ2n) is 7.50. The van der Waals surface area contributed by atoms with Crippen LogP contribution < -0.4 is 21.0 Å². The van der Waals surface area contributed by atoms with Crippen LogP contribution in [0.5, 0.6) is 0 Å². The van der Waals surface area contributed by atoms with Gasteiger partial charge in [-0.3, -0.25) is 0 Å². The molecule has 33 heavy (non-hydrogen) atoms. The summed E-state index contributed by atoms with van der Waals surface area (Å²) in [7, 11) is 0. The Labute approximate surface area is 192 Å². The second kappa shape index (κ2) is 10.1. The van der Waals surface area contributed by atoms with E-state index in [0.29, 0.717) is 36.3 Å². The summed E-state index contributed by atoms with van der Waals surface area (Å²) >= 11 is 0. The summed E-state index contributed by atoms with van der Waals surface area (Å²) < 4.78 is 19.8. The zero-order valence-corrected chi connectivity index (χ0v) is 18.4. The molecule has 1 aliphatic heterocycles. The van der Waals surface area contributed by atoms with Gasteiger partial charge in [-0.15, -0.1) is 0 Å². The van der Waals surface area contributed by atoms with Crippen LogP contribution >= 0.6 is 0 Å².